The van der Waals surface area contributed by atoms with E-state index < -0.39 is 0 Å². The van der Waals surface area contributed by atoms with Gasteiger partial charge in [-0.05, 0) is 51.0 Å². The lowest BCUT2D eigenvalue weighted by molar-refractivity contribution is 0.865. The minimum Gasteiger partial charge on any atom is -0.372 e. The Morgan fingerprint density at radius 3 is 2.52 bits per heavy atom. The van der Waals surface area contributed by atoms with Crippen molar-refractivity contribution in [3.8, 4) is 0 Å². The lowest BCUT2D eigenvalue weighted by atomic mass is 10.1. The van der Waals surface area contributed by atoms with Gasteiger partial charge in [0.05, 0.1) is 0 Å². The second kappa shape index (κ2) is 7.81. The van der Waals surface area contributed by atoms with Gasteiger partial charge in [0.15, 0.2) is 0 Å². The Hall–Kier alpha value is -2.30. The highest BCUT2D eigenvalue weighted by Crippen LogP contribution is 2.24. The number of aromatic amines is 1. The van der Waals surface area contributed by atoms with Gasteiger partial charge >= 0.3 is 0 Å². The molecule has 0 fully saturated rings. The molecule has 0 radical (unpaired) electrons. The number of hydrogen-bond donors (Lipinski definition) is 2. The Morgan fingerprint density at radius 1 is 1.17 bits per heavy atom. The molecule has 0 aliphatic heterocycles. The third kappa shape index (κ3) is 4.34. The van der Waals surface area contributed by atoms with Crippen molar-refractivity contribution in [1.82, 2.24) is 9.97 Å². The first-order chi connectivity index (χ1) is 11.1. The average molecular weight is 314 g/mol. The van der Waals surface area contributed by atoms with E-state index in [1.165, 1.54) is 5.69 Å². The van der Waals surface area contributed by atoms with Crippen molar-refractivity contribution in [3.05, 3.63) is 45.9 Å². The predicted molar refractivity (Wildman–Crippen MR) is 96.9 cm³/mol. The number of anilines is 3. The number of nitrogens with one attached hydrogen (secondary N) is 2. The minimum absolute atomic E-state index is 0.122. The minimum atomic E-state index is -0.122. The molecule has 2 N–H and O–H groups in total. The van der Waals surface area contributed by atoms with Crippen molar-refractivity contribution in [1.29, 1.82) is 0 Å². The Balaban J connectivity index is 2.25. The van der Waals surface area contributed by atoms with Crippen LogP contribution in [0, 0.1) is 6.92 Å². The molecule has 1 aromatic heterocycles. The van der Waals surface area contributed by atoms with Crippen LogP contribution >= 0.6 is 0 Å². The summed E-state index contributed by atoms with van der Waals surface area (Å²) in [6.45, 7) is 10.4. The van der Waals surface area contributed by atoms with Crippen LogP contribution in [0.25, 0.3) is 0 Å². The summed E-state index contributed by atoms with van der Waals surface area (Å²) in [5, 5.41) is 3.23. The number of nitrogens with zero attached hydrogens (tertiary/aromatic N) is 2. The molecule has 0 saturated heterocycles. The fraction of sp³-hybridized carbons (Fsp3) is 0.444. The third-order valence-electron chi connectivity index (χ3n) is 3.89. The van der Waals surface area contributed by atoms with Crippen LogP contribution in [-0.4, -0.2) is 23.1 Å². The van der Waals surface area contributed by atoms with E-state index in [0.717, 1.165) is 42.9 Å². The molecule has 0 saturated carbocycles. The van der Waals surface area contributed by atoms with Gasteiger partial charge in [0, 0.05) is 36.2 Å². The molecule has 1 aromatic carbocycles. The van der Waals surface area contributed by atoms with Gasteiger partial charge in [-0.1, -0.05) is 13.3 Å². The van der Waals surface area contributed by atoms with Crippen LogP contribution in [0.2, 0.25) is 0 Å². The number of aryl methyl sites for hydroxylation is 2. The van der Waals surface area contributed by atoms with Crippen LogP contribution in [0.15, 0.2) is 29.1 Å². The van der Waals surface area contributed by atoms with Gasteiger partial charge in [-0.25, -0.2) is 4.98 Å². The van der Waals surface area contributed by atoms with E-state index >= 15 is 0 Å². The first-order valence-electron chi connectivity index (χ1n) is 8.30. The number of aromatic nitrogens is 2. The van der Waals surface area contributed by atoms with Gasteiger partial charge in [0.25, 0.3) is 5.56 Å². The van der Waals surface area contributed by atoms with Gasteiger partial charge in [-0.3, -0.25) is 9.78 Å². The molecule has 0 unspecified atom stereocenters. The summed E-state index contributed by atoms with van der Waals surface area (Å²) < 4.78 is 0. The smallest absolute Gasteiger partial charge is 0.252 e. The van der Waals surface area contributed by atoms with Crippen LogP contribution in [0.4, 0.5) is 17.3 Å². The van der Waals surface area contributed by atoms with E-state index in [9.17, 15) is 4.79 Å². The van der Waals surface area contributed by atoms with Crippen molar-refractivity contribution >= 4 is 17.3 Å². The van der Waals surface area contributed by atoms with Gasteiger partial charge in [-0.2, -0.15) is 0 Å². The molecule has 0 bridgehead atoms. The molecule has 124 valence electrons. The molecule has 0 atom stereocenters. The van der Waals surface area contributed by atoms with Gasteiger partial charge in [0.1, 0.15) is 0 Å². The van der Waals surface area contributed by atoms with E-state index in [4.69, 9.17) is 0 Å². The van der Waals surface area contributed by atoms with Crippen molar-refractivity contribution in [2.24, 2.45) is 0 Å². The van der Waals surface area contributed by atoms with Crippen molar-refractivity contribution < 1.29 is 0 Å². The van der Waals surface area contributed by atoms with Gasteiger partial charge < -0.3 is 10.2 Å². The zero-order valence-electron chi connectivity index (χ0n) is 14.4. The summed E-state index contributed by atoms with van der Waals surface area (Å²) in [5.74, 6) is 0.500. The molecule has 5 nitrogen and oxygen atoms in total. The van der Waals surface area contributed by atoms with E-state index in [1.54, 1.807) is 6.07 Å². The third-order valence-corrected chi connectivity index (χ3v) is 3.89. The summed E-state index contributed by atoms with van der Waals surface area (Å²) in [4.78, 5) is 21.3. The highest BCUT2D eigenvalue weighted by Gasteiger charge is 2.07. The fourth-order valence-electron chi connectivity index (χ4n) is 2.65. The summed E-state index contributed by atoms with van der Waals surface area (Å²) >= 11 is 0. The van der Waals surface area contributed by atoms with E-state index in [1.807, 2.05) is 6.07 Å². The van der Waals surface area contributed by atoms with Crippen molar-refractivity contribution in [3.63, 3.8) is 0 Å². The summed E-state index contributed by atoms with van der Waals surface area (Å²) in [5.41, 5.74) is 3.98. The Labute approximate surface area is 137 Å². The largest absolute Gasteiger partial charge is 0.372 e. The molecule has 0 spiro atoms. The number of hydrogen-bond acceptors (Lipinski definition) is 4. The van der Waals surface area contributed by atoms with E-state index in [-0.39, 0.29) is 5.56 Å². The Kier molecular flexibility index (Phi) is 5.79. The monoisotopic (exact) mass is 314 g/mol. The summed E-state index contributed by atoms with van der Waals surface area (Å²) in [6.07, 6.45) is 1.77. The Bertz CT molecular complexity index is 704. The molecular weight excluding hydrogens is 288 g/mol. The van der Waals surface area contributed by atoms with Crippen LogP contribution in [0.3, 0.4) is 0 Å². The Morgan fingerprint density at radius 2 is 1.91 bits per heavy atom. The van der Waals surface area contributed by atoms with E-state index in [0.29, 0.717) is 5.95 Å². The maximum absolute atomic E-state index is 11.7. The van der Waals surface area contributed by atoms with Crippen LogP contribution in [-0.2, 0) is 6.42 Å². The molecule has 0 amide bonds. The molecule has 1 heterocycles. The molecule has 5 heteroatoms. The predicted octanol–water partition coefficient (Wildman–Crippen LogP) is 3.62. The van der Waals surface area contributed by atoms with Crippen LogP contribution < -0.4 is 15.8 Å². The topological polar surface area (TPSA) is 61.0 Å². The highest BCUT2D eigenvalue weighted by atomic mass is 16.1. The zero-order valence-corrected chi connectivity index (χ0v) is 14.4. The van der Waals surface area contributed by atoms with Crippen molar-refractivity contribution in [2.45, 2.75) is 40.5 Å². The molecule has 2 aromatic rings. The van der Waals surface area contributed by atoms with Gasteiger partial charge in [0.2, 0.25) is 5.95 Å². The summed E-state index contributed by atoms with van der Waals surface area (Å²) in [7, 11) is 0. The van der Waals surface area contributed by atoms with Crippen molar-refractivity contribution in [2.75, 3.05) is 23.3 Å². The fourth-order valence-corrected chi connectivity index (χ4v) is 2.65. The first-order valence-corrected chi connectivity index (χ1v) is 8.30. The second-order valence-electron chi connectivity index (χ2n) is 5.63. The normalized spacial score (nSPS) is 10.6. The molecule has 0 aliphatic carbocycles. The maximum atomic E-state index is 11.7. The second-order valence-corrected chi connectivity index (χ2v) is 5.63. The molecule has 2 rings (SSSR count). The van der Waals surface area contributed by atoms with E-state index in [2.05, 4.69) is 60.0 Å². The van der Waals surface area contributed by atoms with Gasteiger partial charge in [-0.15, -0.1) is 0 Å². The van der Waals surface area contributed by atoms with Crippen LogP contribution in [0.1, 0.15) is 38.4 Å². The molecule has 0 aliphatic rings. The van der Waals surface area contributed by atoms with Crippen LogP contribution in [0.5, 0.6) is 0 Å². The molecular formula is C18H26N4O. The number of H-pyrrole nitrogens is 1. The standard InChI is InChI=1S/C18H26N4O/c1-5-8-14-12-17(23)21-18(19-14)20-16-10-9-15(11-13(16)4)22(6-2)7-3/h9-12H,5-8H2,1-4H3,(H2,19,20,21,23). The first kappa shape index (κ1) is 17.1. The lowest BCUT2D eigenvalue weighted by Crippen LogP contribution is -2.21. The quantitative estimate of drug-likeness (QED) is 0.819. The maximum Gasteiger partial charge on any atom is 0.252 e. The average Bonchev–Trinajstić information content (AvgIpc) is 2.51. The molecule has 23 heavy (non-hydrogen) atoms. The number of benzene rings is 1. The lowest BCUT2D eigenvalue weighted by Gasteiger charge is -2.22. The number of rotatable bonds is 7. The highest BCUT2D eigenvalue weighted by molar-refractivity contribution is 5.64. The SMILES string of the molecule is CCCc1cc(=O)[nH]c(Nc2ccc(N(CC)CC)cc2C)n1. The zero-order chi connectivity index (χ0) is 16.8. The summed E-state index contributed by atoms with van der Waals surface area (Å²) in [6, 6.07) is 7.85.